The molecule has 2 aromatic carbocycles. The molecule has 1 aliphatic heterocycles. The van der Waals surface area contributed by atoms with Crippen molar-refractivity contribution in [3.63, 3.8) is 0 Å². The van der Waals surface area contributed by atoms with Crippen molar-refractivity contribution in [2.75, 3.05) is 28.6 Å². The molecule has 2 aliphatic rings. The first kappa shape index (κ1) is 24.0. The summed E-state index contributed by atoms with van der Waals surface area (Å²) in [4.78, 5) is 24.2. The average Bonchev–Trinajstić information content (AvgIpc) is 3.30. The van der Waals surface area contributed by atoms with Crippen molar-refractivity contribution in [1.29, 1.82) is 0 Å². The predicted molar refractivity (Wildman–Crippen MR) is 142 cm³/mol. The fourth-order valence-corrected chi connectivity index (χ4v) is 4.92. The van der Waals surface area contributed by atoms with E-state index in [1.807, 2.05) is 54.6 Å². The summed E-state index contributed by atoms with van der Waals surface area (Å²) in [5, 5.41) is 16.7. The van der Waals surface area contributed by atoms with Crippen LogP contribution in [0, 0.1) is 0 Å². The number of nitrogens with one attached hydrogen (secondary N) is 2. The number of hydrogen-bond donors (Lipinski definition) is 5. The van der Waals surface area contributed by atoms with Gasteiger partial charge in [0.2, 0.25) is 0 Å². The van der Waals surface area contributed by atoms with Gasteiger partial charge < -0.3 is 32.1 Å². The van der Waals surface area contributed by atoms with Crippen LogP contribution in [-0.4, -0.2) is 52.3 Å². The number of aliphatic hydroxyl groups is 1. The second-order valence-corrected chi connectivity index (χ2v) is 9.65. The molecule has 2 fully saturated rings. The first-order chi connectivity index (χ1) is 17.5. The fourth-order valence-electron chi connectivity index (χ4n) is 4.92. The van der Waals surface area contributed by atoms with E-state index in [0.29, 0.717) is 23.8 Å². The maximum absolute atomic E-state index is 12.4. The summed E-state index contributed by atoms with van der Waals surface area (Å²) in [6, 6.07) is 18.0. The molecular weight excluding hydrogens is 454 g/mol. The Bertz CT molecular complexity index is 1190. The zero-order chi connectivity index (χ0) is 25.1. The highest BCUT2D eigenvalue weighted by molar-refractivity contribution is 5.97. The Hall–Kier alpha value is -3.69. The van der Waals surface area contributed by atoms with Crippen LogP contribution < -0.4 is 27.0 Å². The molecule has 3 aromatic rings. The summed E-state index contributed by atoms with van der Waals surface area (Å²) < 4.78 is 0. The van der Waals surface area contributed by atoms with Crippen LogP contribution in [0.15, 0.2) is 54.6 Å². The molecule has 1 aromatic heterocycles. The number of carbonyl (C=O) groups is 1. The molecule has 2 atom stereocenters. The lowest BCUT2D eigenvalue weighted by Crippen LogP contribution is -2.39. The molecule has 0 unspecified atom stereocenters. The van der Waals surface area contributed by atoms with Gasteiger partial charge in [-0.25, -0.2) is 9.97 Å². The molecule has 1 saturated heterocycles. The number of aromatic nitrogens is 2. The first-order valence-corrected chi connectivity index (χ1v) is 12.6. The van der Waals surface area contributed by atoms with Crippen LogP contribution in [0.5, 0.6) is 0 Å². The van der Waals surface area contributed by atoms with Crippen LogP contribution >= 0.6 is 0 Å². The number of hydrogen-bond acceptors (Lipinski definition) is 8. The topological polar surface area (TPSA) is 142 Å². The third-order valence-corrected chi connectivity index (χ3v) is 6.96. The largest absolute Gasteiger partial charge is 0.393 e. The number of piperidine rings is 1. The van der Waals surface area contributed by atoms with Gasteiger partial charge in [-0.3, -0.25) is 4.79 Å². The Labute approximate surface area is 210 Å². The summed E-state index contributed by atoms with van der Waals surface area (Å²) in [5.74, 6) is 0.181. The van der Waals surface area contributed by atoms with Gasteiger partial charge in [0.05, 0.1) is 6.10 Å². The SMILES string of the molecule is NC(=O)c1nc(-c2ccccc2)c(N[C@@H]2CC[C@H](O)C2)nc1Nc1ccc(N2CCC(N)CC2)cc1. The van der Waals surface area contributed by atoms with Crippen molar-refractivity contribution >= 4 is 28.9 Å². The quantitative estimate of drug-likeness (QED) is 0.342. The summed E-state index contributed by atoms with van der Waals surface area (Å²) in [5.41, 5.74) is 15.1. The van der Waals surface area contributed by atoms with Gasteiger partial charge in [-0.1, -0.05) is 30.3 Å². The lowest BCUT2D eigenvalue weighted by Gasteiger charge is -2.32. The normalized spacial score (nSPS) is 20.3. The maximum atomic E-state index is 12.4. The molecule has 9 nitrogen and oxygen atoms in total. The molecule has 0 bridgehead atoms. The highest BCUT2D eigenvalue weighted by atomic mass is 16.3. The van der Waals surface area contributed by atoms with Crippen molar-refractivity contribution in [3.05, 3.63) is 60.3 Å². The Balaban J connectivity index is 1.45. The monoisotopic (exact) mass is 487 g/mol. The van der Waals surface area contributed by atoms with Crippen LogP contribution in [0.3, 0.4) is 0 Å². The van der Waals surface area contributed by atoms with Gasteiger partial charge in [-0.05, 0) is 56.4 Å². The van der Waals surface area contributed by atoms with Crippen LogP contribution in [0.4, 0.5) is 23.0 Å². The zero-order valence-corrected chi connectivity index (χ0v) is 20.2. The van der Waals surface area contributed by atoms with E-state index in [1.165, 1.54) is 0 Å². The molecule has 9 heteroatoms. The second-order valence-electron chi connectivity index (χ2n) is 9.65. The molecule has 5 rings (SSSR count). The molecule has 188 valence electrons. The number of carbonyl (C=O) groups excluding carboxylic acids is 1. The minimum Gasteiger partial charge on any atom is -0.393 e. The van der Waals surface area contributed by atoms with E-state index in [-0.39, 0.29) is 23.9 Å². The van der Waals surface area contributed by atoms with Gasteiger partial charge in [0.25, 0.3) is 5.91 Å². The van der Waals surface area contributed by atoms with Gasteiger partial charge in [0, 0.05) is 42.1 Å². The summed E-state index contributed by atoms with van der Waals surface area (Å²) in [6.45, 7) is 1.88. The number of benzene rings is 2. The van der Waals surface area contributed by atoms with Crippen LogP contribution in [0.1, 0.15) is 42.6 Å². The Morgan fingerprint density at radius 3 is 2.31 bits per heavy atom. The molecule has 1 aliphatic carbocycles. The molecule has 0 radical (unpaired) electrons. The second kappa shape index (κ2) is 10.5. The van der Waals surface area contributed by atoms with Gasteiger partial charge in [-0.15, -0.1) is 0 Å². The maximum Gasteiger partial charge on any atom is 0.271 e. The minimum atomic E-state index is -0.661. The Kier molecular flexibility index (Phi) is 7.02. The molecule has 7 N–H and O–H groups in total. The van der Waals surface area contributed by atoms with E-state index in [9.17, 15) is 9.90 Å². The summed E-state index contributed by atoms with van der Waals surface area (Å²) in [7, 11) is 0. The number of nitrogens with two attached hydrogens (primary N) is 2. The third kappa shape index (κ3) is 5.42. The lowest BCUT2D eigenvalue weighted by atomic mass is 10.1. The van der Waals surface area contributed by atoms with Gasteiger partial charge >= 0.3 is 0 Å². The highest BCUT2D eigenvalue weighted by Gasteiger charge is 2.26. The standard InChI is InChI=1S/C27H33N7O2/c28-18-12-14-34(15-13-18)21-9-6-19(7-10-21)30-27-24(25(29)36)32-23(17-4-2-1-3-5-17)26(33-27)31-20-8-11-22(35)16-20/h1-7,9-10,18,20,22,35H,8,11-16,28H2,(H2,29,36)(H2,30,31,33)/t20-,22+/m1/s1. The van der Waals surface area contributed by atoms with Gasteiger partial charge in [0.1, 0.15) is 5.69 Å². The molecule has 2 heterocycles. The van der Waals surface area contributed by atoms with Crippen molar-refractivity contribution in [1.82, 2.24) is 9.97 Å². The van der Waals surface area contributed by atoms with Crippen molar-refractivity contribution in [2.45, 2.75) is 50.3 Å². The number of anilines is 4. The Morgan fingerprint density at radius 1 is 0.944 bits per heavy atom. The van der Waals surface area contributed by atoms with Gasteiger partial charge in [-0.2, -0.15) is 0 Å². The number of nitrogens with zero attached hydrogens (tertiary/aromatic N) is 3. The zero-order valence-electron chi connectivity index (χ0n) is 20.2. The average molecular weight is 488 g/mol. The van der Waals surface area contributed by atoms with Crippen LogP contribution in [-0.2, 0) is 0 Å². The van der Waals surface area contributed by atoms with E-state index >= 15 is 0 Å². The fraction of sp³-hybridized carbons (Fsp3) is 0.370. The van der Waals surface area contributed by atoms with E-state index in [4.69, 9.17) is 16.5 Å². The van der Waals surface area contributed by atoms with E-state index in [1.54, 1.807) is 0 Å². The van der Waals surface area contributed by atoms with E-state index in [0.717, 1.165) is 55.7 Å². The van der Waals surface area contributed by atoms with Crippen molar-refractivity contribution < 1.29 is 9.90 Å². The van der Waals surface area contributed by atoms with Crippen LogP contribution in [0.2, 0.25) is 0 Å². The number of aliphatic hydroxyl groups excluding tert-OH is 1. The van der Waals surface area contributed by atoms with Crippen molar-refractivity contribution in [2.24, 2.45) is 11.5 Å². The lowest BCUT2D eigenvalue weighted by molar-refractivity contribution is 0.0996. The first-order valence-electron chi connectivity index (χ1n) is 12.6. The molecule has 0 spiro atoms. The minimum absolute atomic E-state index is 0.0694. The Morgan fingerprint density at radius 2 is 1.67 bits per heavy atom. The molecule has 1 saturated carbocycles. The summed E-state index contributed by atoms with van der Waals surface area (Å²) in [6.07, 6.45) is 3.86. The van der Waals surface area contributed by atoms with E-state index < -0.39 is 5.91 Å². The molecular formula is C27H33N7O2. The van der Waals surface area contributed by atoms with Crippen molar-refractivity contribution in [3.8, 4) is 11.3 Å². The third-order valence-electron chi connectivity index (χ3n) is 6.96. The molecule has 36 heavy (non-hydrogen) atoms. The number of rotatable bonds is 7. The number of amides is 1. The van der Waals surface area contributed by atoms with Crippen LogP contribution in [0.25, 0.3) is 11.3 Å². The van der Waals surface area contributed by atoms with Gasteiger partial charge in [0.15, 0.2) is 17.3 Å². The van der Waals surface area contributed by atoms with E-state index in [2.05, 4.69) is 20.5 Å². The summed E-state index contributed by atoms with van der Waals surface area (Å²) >= 11 is 0. The number of primary amides is 1. The molecule has 1 amide bonds. The predicted octanol–water partition coefficient (Wildman–Crippen LogP) is 3.24. The smallest absolute Gasteiger partial charge is 0.271 e. The highest BCUT2D eigenvalue weighted by Crippen LogP contribution is 2.32.